The van der Waals surface area contributed by atoms with Gasteiger partial charge in [-0.05, 0) is 44.0 Å². The number of hydrogen-bond acceptors (Lipinski definition) is 6. The van der Waals surface area contributed by atoms with Gasteiger partial charge in [0.05, 0.1) is 5.39 Å². The van der Waals surface area contributed by atoms with Gasteiger partial charge >= 0.3 is 0 Å². The molecule has 1 aliphatic heterocycles. The van der Waals surface area contributed by atoms with Gasteiger partial charge in [0.2, 0.25) is 0 Å². The minimum atomic E-state index is 0.485. The molecule has 6 heteroatoms. The van der Waals surface area contributed by atoms with Crippen molar-refractivity contribution in [3.8, 4) is 0 Å². The van der Waals surface area contributed by atoms with Crippen molar-refractivity contribution in [2.45, 2.75) is 45.6 Å². The van der Waals surface area contributed by atoms with E-state index in [1.165, 1.54) is 38.8 Å². The molecule has 3 N–H and O–H groups in total. The largest absolute Gasteiger partial charge is 0.384 e. The van der Waals surface area contributed by atoms with E-state index < -0.39 is 0 Å². The molecule has 0 saturated carbocycles. The molecule has 1 saturated heterocycles. The molecule has 0 radical (unpaired) electrons. The Morgan fingerprint density at radius 1 is 1.17 bits per heavy atom. The van der Waals surface area contributed by atoms with Crippen molar-refractivity contribution in [3.05, 3.63) is 18.5 Å². The zero-order valence-corrected chi connectivity index (χ0v) is 14.7. The van der Waals surface area contributed by atoms with Gasteiger partial charge in [0.25, 0.3) is 0 Å². The van der Waals surface area contributed by atoms with E-state index in [0.717, 1.165) is 17.7 Å². The van der Waals surface area contributed by atoms with Crippen LogP contribution in [0.1, 0.15) is 39.5 Å². The third-order valence-corrected chi connectivity index (χ3v) is 5.20. The van der Waals surface area contributed by atoms with E-state index in [0.29, 0.717) is 23.4 Å². The number of nitrogens with one attached hydrogen (secondary N) is 1. The number of anilines is 2. The first-order chi connectivity index (χ1) is 11.7. The van der Waals surface area contributed by atoms with Crippen LogP contribution in [0.15, 0.2) is 18.5 Å². The summed E-state index contributed by atoms with van der Waals surface area (Å²) in [6.07, 6.45) is 6.61. The number of aromatic nitrogens is 3. The predicted octanol–water partition coefficient (Wildman–Crippen LogP) is 2.92. The van der Waals surface area contributed by atoms with Crippen molar-refractivity contribution in [1.29, 1.82) is 0 Å². The van der Waals surface area contributed by atoms with Crippen LogP contribution in [0.5, 0.6) is 0 Å². The Labute approximate surface area is 143 Å². The lowest BCUT2D eigenvalue weighted by molar-refractivity contribution is 0.175. The van der Waals surface area contributed by atoms with Crippen LogP contribution in [-0.4, -0.2) is 45.5 Å². The highest BCUT2D eigenvalue weighted by atomic mass is 15.2. The Bertz CT molecular complexity index is 662. The number of nitrogens with two attached hydrogens (primary N) is 1. The van der Waals surface area contributed by atoms with Crippen LogP contribution in [0.2, 0.25) is 0 Å². The van der Waals surface area contributed by atoms with E-state index in [-0.39, 0.29) is 0 Å². The van der Waals surface area contributed by atoms with Gasteiger partial charge in [0.15, 0.2) is 5.65 Å². The highest BCUT2D eigenvalue weighted by Crippen LogP contribution is 2.24. The number of nitrogen functional groups attached to an aromatic ring is 1. The summed E-state index contributed by atoms with van der Waals surface area (Å²) in [4.78, 5) is 15.6. The van der Waals surface area contributed by atoms with Gasteiger partial charge in [-0.15, -0.1) is 0 Å². The molecule has 0 aromatic carbocycles. The second-order valence-electron chi connectivity index (χ2n) is 6.60. The average Bonchev–Trinajstić information content (AvgIpc) is 3.12. The van der Waals surface area contributed by atoms with E-state index in [4.69, 9.17) is 5.73 Å². The van der Waals surface area contributed by atoms with Crippen molar-refractivity contribution in [1.82, 2.24) is 19.9 Å². The molecule has 0 bridgehead atoms. The Hall–Kier alpha value is -1.95. The molecular weight excluding hydrogens is 300 g/mol. The van der Waals surface area contributed by atoms with Gasteiger partial charge in [0, 0.05) is 12.6 Å². The molecule has 3 heterocycles. The molecule has 2 aromatic heterocycles. The number of fused-ring (bicyclic) bond motifs is 1. The summed E-state index contributed by atoms with van der Waals surface area (Å²) in [6.45, 7) is 7.92. The van der Waals surface area contributed by atoms with Crippen LogP contribution in [0.25, 0.3) is 11.0 Å². The topological polar surface area (TPSA) is 80.0 Å². The molecule has 3 rings (SSSR count). The summed E-state index contributed by atoms with van der Waals surface area (Å²) in [7, 11) is 0. The fourth-order valence-electron chi connectivity index (χ4n) is 3.80. The normalized spacial score (nSPS) is 16.8. The number of pyridine rings is 1. The molecule has 2 aromatic rings. The Morgan fingerprint density at radius 3 is 2.62 bits per heavy atom. The maximum Gasteiger partial charge on any atom is 0.166 e. The average molecular weight is 328 g/mol. The van der Waals surface area contributed by atoms with Gasteiger partial charge in [-0.1, -0.05) is 26.7 Å². The first kappa shape index (κ1) is 16.9. The molecule has 1 unspecified atom stereocenters. The van der Waals surface area contributed by atoms with E-state index in [2.05, 4.69) is 39.0 Å². The lowest BCUT2D eigenvalue weighted by atomic mass is 9.93. The number of nitrogens with zero attached hydrogens (tertiary/aromatic N) is 4. The first-order valence-corrected chi connectivity index (χ1v) is 9.08. The van der Waals surface area contributed by atoms with Crippen molar-refractivity contribution < 1.29 is 0 Å². The molecule has 1 fully saturated rings. The van der Waals surface area contributed by atoms with Crippen LogP contribution in [-0.2, 0) is 0 Å². The Morgan fingerprint density at radius 2 is 1.92 bits per heavy atom. The minimum absolute atomic E-state index is 0.485. The highest BCUT2D eigenvalue weighted by Gasteiger charge is 2.27. The van der Waals surface area contributed by atoms with Gasteiger partial charge in [0.1, 0.15) is 18.0 Å². The molecule has 0 spiro atoms. The van der Waals surface area contributed by atoms with Crippen LogP contribution >= 0.6 is 0 Å². The number of rotatable bonds is 7. The van der Waals surface area contributed by atoms with Gasteiger partial charge in [-0.2, -0.15) is 0 Å². The summed E-state index contributed by atoms with van der Waals surface area (Å²) in [5.74, 6) is 2.04. The fourth-order valence-corrected chi connectivity index (χ4v) is 3.80. The summed E-state index contributed by atoms with van der Waals surface area (Å²) < 4.78 is 0. The van der Waals surface area contributed by atoms with Gasteiger partial charge < -0.3 is 11.1 Å². The Kier molecular flexibility index (Phi) is 5.45. The minimum Gasteiger partial charge on any atom is -0.384 e. The SMILES string of the molecule is CCC(CC)C(CNc1ncnc2nc(N)ccc12)N1CCCC1. The third-order valence-electron chi connectivity index (χ3n) is 5.20. The lowest BCUT2D eigenvalue weighted by Crippen LogP contribution is -2.43. The van der Waals surface area contributed by atoms with Crippen molar-refractivity contribution in [2.75, 3.05) is 30.7 Å². The summed E-state index contributed by atoms with van der Waals surface area (Å²) in [6, 6.07) is 4.30. The maximum atomic E-state index is 5.76. The molecule has 0 aliphatic carbocycles. The predicted molar refractivity (Wildman–Crippen MR) is 98.9 cm³/mol. The zero-order chi connectivity index (χ0) is 16.9. The second kappa shape index (κ2) is 7.75. The number of hydrogen-bond donors (Lipinski definition) is 2. The first-order valence-electron chi connectivity index (χ1n) is 9.08. The molecule has 130 valence electrons. The highest BCUT2D eigenvalue weighted by molar-refractivity contribution is 5.87. The van der Waals surface area contributed by atoms with Crippen LogP contribution < -0.4 is 11.1 Å². The lowest BCUT2D eigenvalue weighted by Gasteiger charge is -2.34. The molecular formula is C18H28N6. The molecule has 1 aliphatic rings. The van der Waals surface area contributed by atoms with E-state index in [9.17, 15) is 0 Å². The molecule has 0 amide bonds. The fraction of sp³-hybridized carbons (Fsp3) is 0.611. The van der Waals surface area contributed by atoms with Crippen LogP contribution in [0, 0.1) is 5.92 Å². The summed E-state index contributed by atoms with van der Waals surface area (Å²) >= 11 is 0. The van der Waals surface area contributed by atoms with E-state index in [1.807, 2.05) is 6.07 Å². The quantitative estimate of drug-likeness (QED) is 0.813. The van der Waals surface area contributed by atoms with Crippen molar-refractivity contribution in [3.63, 3.8) is 0 Å². The van der Waals surface area contributed by atoms with E-state index in [1.54, 1.807) is 12.4 Å². The van der Waals surface area contributed by atoms with E-state index >= 15 is 0 Å². The summed E-state index contributed by atoms with van der Waals surface area (Å²) in [5, 5.41) is 4.49. The van der Waals surface area contributed by atoms with Crippen molar-refractivity contribution in [2.24, 2.45) is 5.92 Å². The maximum absolute atomic E-state index is 5.76. The summed E-state index contributed by atoms with van der Waals surface area (Å²) in [5.41, 5.74) is 6.40. The monoisotopic (exact) mass is 328 g/mol. The third kappa shape index (κ3) is 3.59. The molecule has 6 nitrogen and oxygen atoms in total. The van der Waals surface area contributed by atoms with Gasteiger partial charge in [-0.3, -0.25) is 4.90 Å². The standard InChI is InChI=1S/C18H28N6/c1-3-13(4-2)15(24-9-5-6-10-24)11-20-17-14-7-8-16(19)23-18(14)22-12-21-17/h7-8,12-13,15H,3-6,9-11H2,1-2H3,(H3,19,20,21,22,23). The zero-order valence-electron chi connectivity index (χ0n) is 14.7. The smallest absolute Gasteiger partial charge is 0.166 e. The molecule has 1 atom stereocenters. The number of likely N-dealkylation sites (tertiary alicyclic amines) is 1. The second-order valence-corrected chi connectivity index (χ2v) is 6.60. The van der Waals surface area contributed by atoms with Gasteiger partial charge in [-0.25, -0.2) is 15.0 Å². The van der Waals surface area contributed by atoms with Crippen LogP contribution in [0.3, 0.4) is 0 Å². The van der Waals surface area contributed by atoms with Crippen LogP contribution in [0.4, 0.5) is 11.6 Å². The molecule has 24 heavy (non-hydrogen) atoms. The van der Waals surface area contributed by atoms with Crippen molar-refractivity contribution >= 4 is 22.7 Å². The Balaban J connectivity index is 1.79.